The van der Waals surface area contributed by atoms with Crippen molar-refractivity contribution in [2.75, 3.05) is 18.0 Å². The van der Waals surface area contributed by atoms with Crippen molar-refractivity contribution in [3.05, 3.63) is 102 Å². The summed E-state index contributed by atoms with van der Waals surface area (Å²) in [5.41, 5.74) is 3.23. The number of benzene rings is 3. The third-order valence-electron chi connectivity index (χ3n) is 8.61. The van der Waals surface area contributed by atoms with Gasteiger partial charge in [0.15, 0.2) is 0 Å². The number of likely N-dealkylation sites (tertiary alicyclic amines) is 1. The predicted molar refractivity (Wildman–Crippen MR) is 141 cm³/mol. The summed E-state index contributed by atoms with van der Waals surface area (Å²) in [6.45, 7) is 1.93. The molecule has 2 aliphatic heterocycles. The average Bonchev–Trinajstić information content (AvgIpc) is 3.22. The molecule has 1 saturated carbocycles. The molecule has 4 heteroatoms. The van der Waals surface area contributed by atoms with Gasteiger partial charge in [-0.05, 0) is 54.9 Å². The molecule has 3 aromatic carbocycles. The number of anilines is 1. The second kappa shape index (κ2) is 9.50. The molecule has 4 nitrogen and oxygen atoms in total. The van der Waals surface area contributed by atoms with Crippen LogP contribution in [0.1, 0.15) is 61.7 Å². The summed E-state index contributed by atoms with van der Waals surface area (Å²) in [6, 6.07) is 32.6. The maximum Gasteiger partial charge on any atom is 0.247 e. The van der Waals surface area contributed by atoms with Gasteiger partial charge in [-0.2, -0.15) is 0 Å². The quantitative estimate of drug-likeness (QED) is 0.522. The van der Waals surface area contributed by atoms with Gasteiger partial charge in [-0.25, -0.2) is 0 Å². The fraction of sp³-hybridized carbons (Fsp3) is 0.387. The van der Waals surface area contributed by atoms with Crippen molar-refractivity contribution >= 4 is 11.6 Å². The monoisotopic (exact) mass is 465 g/mol. The third kappa shape index (κ3) is 4.04. The van der Waals surface area contributed by atoms with Gasteiger partial charge in [0.1, 0.15) is 11.7 Å². The van der Waals surface area contributed by atoms with Gasteiger partial charge in [-0.1, -0.05) is 91.7 Å². The van der Waals surface area contributed by atoms with Crippen LogP contribution in [0.3, 0.4) is 0 Å². The summed E-state index contributed by atoms with van der Waals surface area (Å²) in [6.07, 6.45) is 6.73. The van der Waals surface area contributed by atoms with Gasteiger partial charge in [0, 0.05) is 24.8 Å². The Morgan fingerprint density at radius 1 is 0.714 bits per heavy atom. The number of amides is 1. The normalized spacial score (nSPS) is 26.6. The molecule has 3 fully saturated rings. The summed E-state index contributed by atoms with van der Waals surface area (Å²) in [5.74, 6) is 0.775. The Balaban J connectivity index is 1.28. The van der Waals surface area contributed by atoms with E-state index in [1.807, 2.05) is 6.07 Å². The van der Waals surface area contributed by atoms with E-state index in [2.05, 4.69) is 100 Å². The van der Waals surface area contributed by atoms with Crippen molar-refractivity contribution in [3.63, 3.8) is 0 Å². The minimum Gasteiger partial charge on any atom is -0.332 e. The number of nitrogens with zero attached hydrogens (tertiary/aromatic N) is 2. The molecule has 0 radical (unpaired) electrons. The zero-order chi connectivity index (χ0) is 23.7. The van der Waals surface area contributed by atoms with Crippen LogP contribution in [0.5, 0.6) is 0 Å². The van der Waals surface area contributed by atoms with Crippen molar-refractivity contribution in [2.24, 2.45) is 0 Å². The van der Waals surface area contributed by atoms with Crippen LogP contribution in [-0.4, -0.2) is 35.5 Å². The van der Waals surface area contributed by atoms with Gasteiger partial charge >= 0.3 is 0 Å². The standard InChI is InChI=1S/C31H35N3O/c35-30-31(34(26-16-8-3-9-17-26)29(32-30)25-14-6-2-7-15-25)20-22-33(23-21-31)28-19-11-10-18-27(28)24-12-4-1-5-13-24/h1-9,12-17,27-29H,10-11,18-23H2,(H,32,35). The largest absolute Gasteiger partial charge is 0.332 e. The maximum absolute atomic E-state index is 13.7. The molecule has 0 bridgehead atoms. The molecule has 3 aromatic rings. The lowest BCUT2D eigenvalue weighted by atomic mass is 9.77. The Bertz CT molecular complexity index is 1130. The highest BCUT2D eigenvalue weighted by atomic mass is 16.2. The first-order chi connectivity index (χ1) is 17.3. The second-order valence-corrected chi connectivity index (χ2v) is 10.4. The molecule has 1 spiro atoms. The van der Waals surface area contributed by atoms with Crippen molar-refractivity contribution in [1.82, 2.24) is 10.2 Å². The minimum atomic E-state index is -0.505. The number of carbonyl (C=O) groups is 1. The van der Waals surface area contributed by atoms with E-state index >= 15 is 0 Å². The highest BCUT2D eigenvalue weighted by molar-refractivity contribution is 5.94. The van der Waals surface area contributed by atoms with Gasteiger partial charge in [0.25, 0.3) is 0 Å². The number of rotatable bonds is 4. The van der Waals surface area contributed by atoms with E-state index in [9.17, 15) is 4.79 Å². The molecule has 1 amide bonds. The lowest BCUT2D eigenvalue weighted by Crippen LogP contribution is -2.58. The summed E-state index contributed by atoms with van der Waals surface area (Å²) in [4.78, 5) is 18.8. The summed E-state index contributed by atoms with van der Waals surface area (Å²) in [5, 5.41) is 3.38. The fourth-order valence-electron chi connectivity index (χ4n) is 6.86. The van der Waals surface area contributed by atoms with Crippen LogP contribution in [0.25, 0.3) is 0 Å². The Labute approximate surface area is 209 Å². The van der Waals surface area contributed by atoms with Crippen LogP contribution in [-0.2, 0) is 4.79 Å². The highest BCUT2D eigenvalue weighted by Gasteiger charge is 2.55. The SMILES string of the molecule is O=C1NC(c2ccccc2)N(c2ccccc2)C12CCN(C1CCCCC1c1ccccc1)CC2. The number of carbonyl (C=O) groups excluding carboxylic acids is 1. The first kappa shape index (κ1) is 22.4. The maximum atomic E-state index is 13.7. The molecule has 2 saturated heterocycles. The van der Waals surface area contributed by atoms with Crippen LogP contribution in [0.4, 0.5) is 5.69 Å². The second-order valence-electron chi connectivity index (χ2n) is 10.4. The Morgan fingerprint density at radius 3 is 1.94 bits per heavy atom. The molecular weight excluding hydrogens is 430 g/mol. The van der Waals surface area contributed by atoms with E-state index in [0.717, 1.165) is 37.2 Å². The van der Waals surface area contributed by atoms with E-state index in [1.54, 1.807) is 0 Å². The first-order valence-electron chi connectivity index (χ1n) is 13.3. The van der Waals surface area contributed by atoms with Crippen LogP contribution in [0.2, 0.25) is 0 Å². The Morgan fingerprint density at radius 2 is 1.29 bits per heavy atom. The zero-order valence-corrected chi connectivity index (χ0v) is 20.4. The van der Waals surface area contributed by atoms with Crippen LogP contribution in [0.15, 0.2) is 91.0 Å². The van der Waals surface area contributed by atoms with Gasteiger partial charge in [-0.3, -0.25) is 9.69 Å². The molecule has 3 unspecified atom stereocenters. The molecule has 0 aromatic heterocycles. The fourth-order valence-corrected chi connectivity index (χ4v) is 6.86. The number of hydrogen-bond donors (Lipinski definition) is 1. The van der Waals surface area contributed by atoms with Gasteiger partial charge in [0.05, 0.1) is 0 Å². The van der Waals surface area contributed by atoms with Crippen molar-refractivity contribution in [1.29, 1.82) is 0 Å². The molecule has 1 aliphatic carbocycles. The van der Waals surface area contributed by atoms with Gasteiger partial charge in [-0.15, -0.1) is 0 Å². The van der Waals surface area contributed by atoms with E-state index < -0.39 is 5.54 Å². The molecule has 35 heavy (non-hydrogen) atoms. The van der Waals surface area contributed by atoms with Crippen LogP contribution >= 0.6 is 0 Å². The molecule has 1 N–H and O–H groups in total. The van der Waals surface area contributed by atoms with Gasteiger partial charge < -0.3 is 10.2 Å². The number of para-hydroxylation sites is 1. The third-order valence-corrected chi connectivity index (χ3v) is 8.61. The molecular formula is C31H35N3O. The lowest BCUT2D eigenvalue weighted by molar-refractivity contribution is -0.125. The lowest BCUT2D eigenvalue weighted by Gasteiger charge is -2.49. The zero-order valence-electron chi connectivity index (χ0n) is 20.4. The molecule has 3 atom stereocenters. The van der Waals surface area contributed by atoms with Crippen molar-refractivity contribution in [3.8, 4) is 0 Å². The summed E-state index contributed by atoms with van der Waals surface area (Å²) >= 11 is 0. The van der Waals surface area contributed by atoms with Crippen LogP contribution in [0, 0.1) is 0 Å². The first-order valence-corrected chi connectivity index (χ1v) is 13.3. The van der Waals surface area contributed by atoms with E-state index in [-0.39, 0.29) is 12.1 Å². The van der Waals surface area contributed by atoms with E-state index in [1.165, 1.54) is 31.2 Å². The minimum absolute atomic E-state index is 0.135. The smallest absolute Gasteiger partial charge is 0.247 e. The van der Waals surface area contributed by atoms with E-state index in [0.29, 0.717) is 12.0 Å². The van der Waals surface area contributed by atoms with E-state index in [4.69, 9.17) is 0 Å². The molecule has 2 heterocycles. The number of piperidine rings is 1. The van der Waals surface area contributed by atoms with Crippen molar-refractivity contribution in [2.45, 2.75) is 62.2 Å². The van der Waals surface area contributed by atoms with Crippen molar-refractivity contribution < 1.29 is 4.79 Å². The van der Waals surface area contributed by atoms with Crippen LogP contribution < -0.4 is 10.2 Å². The summed E-state index contributed by atoms with van der Waals surface area (Å²) < 4.78 is 0. The average molecular weight is 466 g/mol. The number of nitrogens with one attached hydrogen (secondary N) is 1. The molecule has 3 aliphatic rings. The predicted octanol–water partition coefficient (Wildman–Crippen LogP) is 5.88. The topological polar surface area (TPSA) is 35.6 Å². The van der Waals surface area contributed by atoms with Gasteiger partial charge in [0.2, 0.25) is 5.91 Å². The molecule has 180 valence electrons. The highest BCUT2D eigenvalue weighted by Crippen LogP contribution is 2.45. The summed E-state index contributed by atoms with van der Waals surface area (Å²) in [7, 11) is 0. The Kier molecular flexibility index (Phi) is 6.07. The number of hydrogen-bond acceptors (Lipinski definition) is 3. The Hall–Kier alpha value is -3.11. The molecule has 6 rings (SSSR count).